The zero-order valence-corrected chi connectivity index (χ0v) is 40.5. The zero-order valence-electron chi connectivity index (χ0n) is 40.5. The third kappa shape index (κ3) is 4.51. The normalized spacial score (nSPS) is 16.6. The maximum Gasteiger partial charge on any atom is 0.0755 e. The van der Waals surface area contributed by atoms with Gasteiger partial charge in [0.1, 0.15) is 0 Å². The summed E-state index contributed by atoms with van der Waals surface area (Å²) in [4.78, 5) is 2.69. The molecule has 0 saturated carbocycles. The van der Waals surface area contributed by atoms with Crippen LogP contribution in [0, 0.1) is 0 Å². The number of hydrogen-bond acceptors (Lipinski definition) is 1. The van der Waals surface area contributed by atoms with Gasteiger partial charge in [-0.2, -0.15) is 0 Å². The van der Waals surface area contributed by atoms with Crippen molar-refractivity contribution in [2.45, 2.75) is 30.1 Å². The van der Waals surface area contributed by atoms with E-state index in [4.69, 9.17) is 0 Å². The molecule has 4 aliphatic carbocycles. The highest BCUT2D eigenvalue weighted by molar-refractivity contribution is 6.14. The summed E-state index contributed by atoms with van der Waals surface area (Å²) in [6, 6.07) is 92.8. The Labute approximate surface area is 424 Å². The Morgan fingerprint density at radius 3 is 1.25 bits per heavy atom. The standard InChI is InChI=1S/C71H46N2/c1-69(2)50-28-9-5-24-47(50)65-56(69)34-18-40-62(65)72(63-41-19-35-57-66(63)48-25-6-12-31-53(48)70(57)51-29-10-3-21-43(51)44-22-4-11-30-52(44)70)64-42-20-36-58-67(64)49-26-7-13-32-54(49)71(58)55-33-14-16-39-61(55)73-60-38-15-8-23-45(60)46-27-17-37-59(71)68(46)73/h3-42H,1-2H3. The van der Waals surface area contributed by atoms with E-state index < -0.39 is 10.8 Å². The fourth-order valence-corrected chi connectivity index (χ4v) is 15.4. The van der Waals surface area contributed by atoms with Gasteiger partial charge in [0.05, 0.1) is 44.6 Å². The smallest absolute Gasteiger partial charge is 0.0755 e. The van der Waals surface area contributed by atoms with E-state index >= 15 is 0 Å². The van der Waals surface area contributed by atoms with Crippen LogP contribution in [0.3, 0.4) is 0 Å². The van der Waals surface area contributed by atoms with E-state index in [-0.39, 0.29) is 5.41 Å². The van der Waals surface area contributed by atoms with Gasteiger partial charge in [0.15, 0.2) is 0 Å². The molecule has 2 nitrogen and oxygen atoms in total. The van der Waals surface area contributed by atoms with E-state index in [0.717, 1.165) is 0 Å². The summed E-state index contributed by atoms with van der Waals surface area (Å²) in [6.07, 6.45) is 0. The van der Waals surface area contributed by atoms with E-state index in [1.807, 2.05) is 0 Å². The minimum absolute atomic E-state index is 0.196. The Bertz CT molecular complexity index is 4400. The maximum absolute atomic E-state index is 2.69. The van der Waals surface area contributed by atoms with Crippen molar-refractivity contribution in [3.05, 3.63) is 298 Å². The Hall–Kier alpha value is -8.98. The van der Waals surface area contributed by atoms with Crippen molar-refractivity contribution >= 4 is 38.9 Å². The first-order valence-electron chi connectivity index (χ1n) is 25.9. The predicted molar refractivity (Wildman–Crippen MR) is 300 cm³/mol. The lowest BCUT2D eigenvalue weighted by molar-refractivity contribution is 0.660. The van der Waals surface area contributed by atoms with Crippen LogP contribution in [0.25, 0.3) is 72.0 Å². The summed E-state index contributed by atoms with van der Waals surface area (Å²) in [7, 11) is 0. The van der Waals surface area contributed by atoms with Gasteiger partial charge in [0, 0.05) is 32.9 Å². The van der Waals surface area contributed by atoms with Crippen molar-refractivity contribution in [2.75, 3.05) is 4.90 Å². The van der Waals surface area contributed by atoms with Crippen molar-refractivity contribution in [3.63, 3.8) is 0 Å². The summed E-state index contributed by atoms with van der Waals surface area (Å²) in [5.74, 6) is 0. The molecule has 11 aromatic carbocycles. The summed E-state index contributed by atoms with van der Waals surface area (Å²) < 4.78 is 2.55. The molecule has 1 aromatic heterocycles. The van der Waals surface area contributed by atoms with Crippen molar-refractivity contribution in [1.82, 2.24) is 4.57 Å². The predicted octanol–water partition coefficient (Wildman–Crippen LogP) is 17.6. The number of fused-ring (bicyclic) bond motifs is 25. The van der Waals surface area contributed by atoms with Crippen molar-refractivity contribution in [2.24, 2.45) is 0 Å². The van der Waals surface area contributed by atoms with Crippen LogP contribution in [0.1, 0.15) is 69.5 Å². The summed E-state index contributed by atoms with van der Waals surface area (Å²) in [5.41, 5.74) is 29.7. The molecule has 0 saturated heterocycles. The second-order valence-corrected chi connectivity index (χ2v) is 21.4. The number of benzene rings is 11. The minimum atomic E-state index is -0.603. The number of hydrogen-bond donors (Lipinski definition) is 0. The van der Waals surface area contributed by atoms with Gasteiger partial charge < -0.3 is 9.47 Å². The van der Waals surface area contributed by atoms with Crippen molar-refractivity contribution < 1.29 is 0 Å². The molecule has 1 unspecified atom stereocenters. The van der Waals surface area contributed by atoms with E-state index in [0.29, 0.717) is 0 Å². The van der Waals surface area contributed by atoms with Crippen LogP contribution in [0.2, 0.25) is 0 Å². The third-order valence-electron chi connectivity index (χ3n) is 18.0. The molecule has 12 aromatic rings. The van der Waals surface area contributed by atoms with Gasteiger partial charge in [-0.25, -0.2) is 0 Å². The van der Waals surface area contributed by atoms with Gasteiger partial charge in [-0.15, -0.1) is 0 Å². The Kier molecular flexibility index (Phi) is 7.45. The first-order valence-corrected chi connectivity index (χ1v) is 25.9. The van der Waals surface area contributed by atoms with Gasteiger partial charge in [-0.3, -0.25) is 0 Å². The van der Waals surface area contributed by atoms with E-state index in [2.05, 4.69) is 266 Å². The highest BCUT2D eigenvalue weighted by atomic mass is 15.2. The molecule has 0 N–H and O–H groups in total. The number of anilines is 3. The lowest BCUT2D eigenvalue weighted by Crippen LogP contribution is -2.33. The molecular formula is C71H46N2. The fraction of sp³-hybridized carbons (Fsp3) is 0.0704. The number of rotatable bonds is 3. The molecule has 0 fully saturated rings. The molecule has 1 atom stereocenters. The van der Waals surface area contributed by atoms with Gasteiger partial charge in [-0.05, 0) is 114 Å². The average molecular weight is 927 g/mol. The number of aromatic nitrogens is 1. The van der Waals surface area contributed by atoms with Crippen LogP contribution in [-0.4, -0.2) is 4.57 Å². The molecule has 0 amide bonds. The van der Waals surface area contributed by atoms with Gasteiger partial charge >= 0.3 is 0 Å². The first kappa shape index (κ1) is 39.7. The molecule has 1 aliphatic heterocycles. The highest BCUT2D eigenvalue weighted by Gasteiger charge is 2.55. The zero-order chi connectivity index (χ0) is 48.0. The molecule has 17 rings (SSSR count). The second kappa shape index (κ2) is 13.7. The number of nitrogens with zero attached hydrogens (tertiary/aromatic N) is 2. The maximum atomic E-state index is 2.69. The van der Waals surface area contributed by atoms with Crippen LogP contribution >= 0.6 is 0 Å². The van der Waals surface area contributed by atoms with Crippen LogP contribution in [0.4, 0.5) is 17.1 Å². The summed E-state index contributed by atoms with van der Waals surface area (Å²) >= 11 is 0. The molecule has 5 aliphatic rings. The van der Waals surface area contributed by atoms with Gasteiger partial charge in [0.25, 0.3) is 0 Å². The molecule has 73 heavy (non-hydrogen) atoms. The van der Waals surface area contributed by atoms with E-state index in [1.54, 1.807) is 0 Å². The van der Waals surface area contributed by atoms with Crippen LogP contribution < -0.4 is 4.90 Å². The van der Waals surface area contributed by atoms with E-state index in [9.17, 15) is 0 Å². The molecule has 0 radical (unpaired) electrons. The lowest BCUT2D eigenvalue weighted by atomic mass is 9.65. The van der Waals surface area contributed by atoms with E-state index in [1.165, 1.54) is 145 Å². The molecule has 2 heterocycles. The topological polar surface area (TPSA) is 8.17 Å². The average Bonchev–Trinajstić information content (AvgIpc) is 4.21. The SMILES string of the molecule is CC1(C)c2ccccc2-c2c(N(c3cccc4c3-c3ccccc3C43c4ccccc4-c4ccccc43)c3cccc4c3-c3ccccc3C43c4ccccc4-n4c5ccccc5c5cccc3c54)cccc21. The molecule has 2 heteroatoms. The summed E-state index contributed by atoms with van der Waals surface area (Å²) in [5, 5.41) is 2.57. The Balaban J connectivity index is 1.03. The van der Waals surface area contributed by atoms with Crippen molar-refractivity contribution in [3.8, 4) is 50.2 Å². The monoisotopic (exact) mass is 926 g/mol. The van der Waals surface area contributed by atoms with Crippen molar-refractivity contribution in [1.29, 1.82) is 0 Å². The molecular weight excluding hydrogens is 881 g/mol. The van der Waals surface area contributed by atoms with Crippen LogP contribution in [0.5, 0.6) is 0 Å². The largest absolute Gasteiger partial charge is 0.309 e. The second-order valence-electron chi connectivity index (χ2n) is 21.4. The quantitative estimate of drug-likeness (QED) is 0.171. The molecule has 340 valence electrons. The third-order valence-corrected chi connectivity index (χ3v) is 18.0. The first-order chi connectivity index (χ1) is 36.0. The fourth-order valence-electron chi connectivity index (χ4n) is 15.4. The number of para-hydroxylation sites is 3. The Morgan fingerprint density at radius 2 is 0.658 bits per heavy atom. The Morgan fingerprint density at radius 1 is 0.288 bits per heavy atom. The minimum Gasteiger partial charge on any atom is -0.309 e. The molecule has 2 spiro atoms. The van der Waals surface area contributed by atoms with Crippen LogP contribution in [-0.2, 0) is 16.2 Å². The van der Waals surface area contributed by atoms with Gasteiger partial charge in [0.2, 0.25) is 0 Å². The van der Waals surface area contributed by atoms with Gasteiger partial charge in [-0.1, -0.05) is 226 Å². The molecule has 0 bridgehead atoms. The van der Waals surface area contributed by atoms with Crippen LogP contribution in [0.15, 0.2) is 243 Å². The summed E-state index contributed by atoms with van der Waals surface area (Å²) in [6.45, 7) is 4.81. The lowest BCUT2D eigenvalue weighted by Gasteiger charge is -2.40. The highest BCUT2D eigenvalue weighted by Crippen LogP contribution is 2.68.